The summed E-state index contributed by atoms with van der Waals surface area (Å²) in [5, 5.41) is 3.77. The molecule has 1 aromatic rings. The lowest BCUT2D eigenvalue weighted by Gasteiger charge is -2.05. The number of aromatic nitrogens is 2. The highest BCUT2D eigenvalue weighted by molar-refractivity contribution is 7.91. The Kier molecular flexibility index (Phi) is 4.97. The maximum atomic E-state index is 11.5. The smallest absolute Gasteiger partial charge is 0.266 e. The second-order valence-corrected chi connectivity index (χ2v) is 6.68. The van der Waals surface area contributed by atoms with Crippen LogP contribution in [0.1, 0.15) is 13.3 Å². The van der Waals surface area contributed by atoms with Crippen molar-refractivity contribution < 1.29 is 8.42 Å². The molecule has 0 unspecified atom stereocenters. The first-order valence-electron chi connectivity index (χ1n) is 4.99. The summed E-state index contributed by atoms with van der Waals surface area (Å²) in [7, 11) is -3.02. The fourth-order valence-corrected chi connectivity index (χ4v) is 2.31. The zero-order chi connectivity index (χ0) is 13.1. The number of halogens is 2. The van der Waals surface area contributed by atoms with Crippen LogP contribution in [0.25, 0.3) is 0 Å². The number of sulfone groups is 1. The fourth-order valence-electron chi connectivity index (χ4n) is 1.18. The van der Waals surface area contributed by atoms with Crippen molar-refractivity contribution in [1.82, 2.24) is 9.78 Å². The Morgan fingerprint density at radius 3 is 2.65 bits per heavy atom. The molecule has 0 N–H and O–H groups in total. The van der Waals surface area contributed by atoms with Gasteiger partial charge in [0.25, 0.3) is 5.56 Å². The molecule has 0 radical (unpaired) electrons. The van der Waals surface area contributed by atoms with Crippen molar-refractivity contribution in [2.75, 3.05) is 11.5 Å². The summed E-state index contributed by atoms with van der Waals surface area (Å²) in [5.41, 5.74) is -0.506. The van der Waals surface area contributed by atoms with Crippen LogP contribution in [0.15, 0.2) is 11.0 Å². The van der Waals surface area contributed by atoms with Gasteiger partial charge in [0.05, 0.1) is 17.0 Å². The van der Waals surface area contributed by atoms with E-state index in [9.17, 15) is 13.2 Å². The Balaban J connectivity index is 2.72. The third-order valence-electron chi connectivity index (χ3n) is 2.21. The van der Waals surface area contributed by atoms with Gasteiger partial charge in [0.2, 0.25) is 0 Å². The molecular formula is C9H12Cl2N2O3S. The lowest BCUT2D eigenvalue weighted by molar-refractivity contribution is 0.555. The van der Waals surface area contributed by atoms with E-state index in [0.717, 1.165) is 4.68 Å². The molecule has 1 aromatic heterocycles. The van der Waals surface area contributed by atoms with E-state index in [1.807, 2.05) is 0 Å². The lowest BCUT2D eigenvalue weighted by Crippen LogP contribution is -2.24. The molecule has 17 heavy (non-hydrogen) atoms. The van der Waals surface area contributed by atoms with Crippen LogP contribution in [0.2, 0.25) is 10.0 Å². The van der Waals surface area contributed by atoms with Crippen LogP contribution in [0.4, 0.5) is 0 Å². The molecule has 0 saturated carbocycles. The van der Waals surface area contributed by atoms with E-state index in [0.29, 0.717) is 6.42 Å². The maximum absolute atomic E-state index is 11.5. The summed E-state index contributed by atoms with van der Waals surface area (Å²) in [6, 6.07) is 0. The Hall–Kier alpha value is -0.590. The van der Waals surface area contributed by atoms with Crippen molar-refractivity contribution in [2.45, 2.75) is 19.9 Å². The van der Waals surface area contributed by atoms with Gasteiger partial charge in [0, 0.05) is 12.3 Å². The predicted octanol–water partition coefficient (Wildman–Crippen LogP) is 1.37. The molecular weight excluding hydrogens is 287 g/mol. The third-order valence-corrected chi connectivity index (χ3v) is 4.75. The van der Waals surface area contributed by atoms with Crippen LogP contribution in [-0.4, -0.2) is 29.7 Å². The maximum Gasteiger partial charge on any atom is 0.287 e. The number of rotatable bonds is 5. The first kappa shape index (κ1) is 14.5. The second kappa shape index (κ2) is 5.84. The zero-order valence-corrected chi connectivity index (χ0v) is 11.5. The molecule has 0 aliphatic rings. The largest absolute Gasteiger partial charge is 0.287 e. The van der Waals surface area contributed by atoms with Crippen LogP contribution >= 0.6 is 23.2 Å². The summed E-state index contributed by atoms with van der Waals surface area (Å²) < 4.78 is 23.6. The Labute approximate surface area is 109 Å². The van der Waals surface area contributed by atoms with Crippen LogP contribution in [0.5, 0.6) is 0 Å². The van der Waals surface area contributed by atoms with Crippen molar-refractivity contribution >= 4 is 33.0 Å². The van der Waals surface area contributed by atoms with Gasteiger partial charge in [-0.2, -0.15) is 5.10 Å². The summed E-state index contributed by atoms with van der Waals surface area (Å²) in [6.07, 6.45) is 1.58. The molecule has 0 bridgehead atoms. The minimum atomic E-state index is -3.02. The average molecular weight is 299 g/mol. The summed E-state index contributed by atoms with van der Waals surface area (Å²) >= 11 is 11.3. The Morgan fingerprint density at radius 2 is 2.06 bits per heavy atom. The second-order valence-electron chi connectivity index (χ2n) is 3.42. The van der Waals surface area contributed by atoms with Gasteiger partial charge in [0.15, 0.2) is 0 Å². The minimum absolute atomic E-state index is 0.0257. The molecule has 0 atom stereocenters. The molecule has 96 valence electrons. The van der Waals surface area contributed by atoms with E-state index in [1.165, 1.54) is 6.20 Å². The normalized spacial score (nSPS) is 11.7. The van der Waals surface area contributed by atoms with E-state index in [2.05, 4.69) is 5.10 Å². The summed E-state index contributed by atoms with van der Waals surface area (Å²) in [5.74, 6) is 0.120. The first-order valence-corrected chi connectivity index (χ1v) is 7.56. The van der Waals surface area contributed by atoms with Crippen molar-refractivity contribution in [3.8, 4) is 0 Å². The van der Waals surface area contributed by atoms with E-state index < -0.39 is 15.4 Å². The zero-order valence-electron chi connectivity index (χ0n) is 9.19. The van der Waals surface area contributed by atoms with Gasteiger partial charge in [-0.05, 0) is 6.42 Å². The van der Waals surface area contributed by atoms with Gasteiger partial charge in [-0.15, -0.1) is 0 Å². The number of nitrogens with zero attached hydrogens (tertiary/aromatic N) is 2. The van der Waals surface area contributed by atoms with E-state index in [-0.39, 0.29) is 28.1 Å². The van der Waals surface area contributed by atoms with Gasteiger partial charge in [-0.25, -0.2) is 13.1 Å². The van der Waals surface area contributed by atoms with Gasteiger partial charge < -0.3 is 0 Å². The number of aryl methyl sites for hydroxylation is 1. The van der Waals surface area contributed by atoms with Crippen molar-refractivity contribution in [2.24, 2.45) is 0 Å². The molecule has 0 aliphatic heterocycles. The average Bonchev–Trinajstić information content (AvgIpc) is 2.29. The standard InChI is InChI=1S/C9H12Cl2N2O3S/c1-2-17(15,16)5-3-4-13-9(14)8(11)7(10)6-12-13/h6H,2-5H2,1H3. The van der Waals surface area contributed by atoms with Crippen LogP contribution < -0.4 is 5.56 Å². The fraction of sp³-hybridized carbons (Fsp3) is 0.556. The topological polar surface area (TPSA) is 69.0 Å². The third kappa shape index (κ3) is 3.97. The Morgan fingerprint density at radius 1 is 1.41 bits per heavy atom. The lowest BCUT2D eigenvalue weighted by atomic mass is 10.4. The van der Waals surface area contributed by atoms with Crippen molar-refractivity contribution in [3.63, 3.8) is 0 Å². The molecule has 0 fully saturated rings. The highest BCUT2D eigenvalue weighted by Gasteiger charge is 2.10. The number of hydrogen-bond donors (Lipinski definition) is 0. The number of hydrogen-bond acceptors (Lipinski definition) is 4. The first-order chi connectivity index (χ1) is 7.87. The molecule has 1 rings (SSSR count). The molecule has 8 heteroatoms. The van der Waals surface area contributed by atoms with Crippen LogP contribution in [-0.2, 0) is 16.4 Å². The highest BCUT2D eigenvalue weighted by Crippen LogP contribution is 2.14. The minimum Gasteiger partial charge on any atom is -0.266 e. The molecule has 0 spiro atoms. The van der Waals surface area contributed by atoms with Gasteiger partial charge in [0.1, 0.15) is 14.9 Å². The van der Waals surface area contributed by atoms with Crippen molar-refractivity contribution in [1.29, 1.82) is 0 Å². The summed E-state index contributed by atoms with van der Waals surface area (Å²) in [4.78, 5) is 11.5. The van der Waals surface area contributed by atoms with Gasteiger partial charge in [-0.3, -0.25) is 4.79 Å². The van der Waals surface area contributed by atoms with Gasteiger partial charge in [-0.1, -0.05) is 30.1 Å². The van der Waals surface area contributed by atoms with Crippen LogP contribution in [0, 0.1) is 0 Å². The molecule has 0 saturated heterocycles. The highest BCUT2D eigenvalue weighted by atomic mass is 35.5. The Bertz CT molecular complexity index is 554. The SMILES string of the molecule is CCS(=O)(=O)CCCn1ncc(Cl)c(Cl)c1=O. The summed E-state index contributed by atoms with van der Waals surface area (Å²) in [6.45, 7) is 1.79. The molecule has 5 nitrogen and oxygen atoms in total. The molecule has 0 amide bonds. The van der Waals surface area contributed by atoms with Gasteiger partial charge >= 0.3 is 0 Å². The quantitative estimate of drug-likeness (QED) is 0.823. The van der Waals surface area contributed by atoms with Crippen LogP contribution in [0.3, 0.4) is 0 Å². The molecule has 0 aromatic carbocycles. The van der Waals surface area contributed by atoms with E-state index in [4.69, 9.17) is 23.2 Å². The molecule has 0 aliphatic carbocycles. The monoisotopic (exact) mass is 298 g/mol. The predicted molar refractivity (Wildman–Crippen MR) is 67.5 cm³/mol. The van der Waals surface area contributed by atoms with Crippen molar-refractivity contribution in [3.05, 3.63) is 26.6 Å². The molecule has 1 heterocycles. The van der Waals surface area contributed by atoms with E-state index >= 15 is 0 Å². The van der Waals surface area contributed by atoms with E-state index in [1.54, 1.807) is 6.92 Å².